The molecule has 1 aromatic carbocycles. The van der Waals surface area contributed by atoms with Crippen molar-refractivity contribution in [2.24, 2.45) is 10.2 Å². The van der Waals surface area contributed by atoms with E-state index >= 15 is 0 Å². The van der Waals surface area contributed by atoms with Gasteiger partial charge in [-0.15, -0.1) is 5.10 Å². The Balaban J connectivity index is 1.78. The lowest BCUT2D eigenvalue weighted by atomic mass is 10.1. The zero-order valence-corrected chi connectivity index (χ0v) is 15.3. The smallest absolute Gasteiger partial charge is 0.242 e. The molecule has 3 rings (SSSR count). The van der Waals surface area contributed by atoms with Crippen LogP contribution in [0.5, 0.6) is 0 Å². The molecule has 26 heavy (non-hydrogen) atoms. The van der Waals surface area contributed by atoms with Crippen LogP contribution in [0, 0.1) is 5.82 Å². The molecule has 1 saturated heterocycles. The molecule has 1 aliphatic rings. The summed E-state index contributed by atoms with van der Waals surface area (Å²) in [7, 11) is 0. The molecule has 1 unspecified atom stereocenters. The highest BCUT2D eigenvalue weighted by Gasteiger charge is 2.37. The fraction of sp³-hybridized carbons (Fsp3) is 0.316. The van der Waals surface area contributed by atoms with E-state index in [0.717, 1.165) is 24.8 Å². The molecule has 2 heterocycles. The van der Waals surface area contributed by atoms with Gasteiger partial charge in [0, 0.05) is 0 Å². The first-order chi connectivity index (χ1) is 12.7. The summed E-state index contributed by atoms with van der Waals surface area (Å²) in [6, 6.07) is 9.68. The molecule has 1 amide bonds. The molecule has 0 N–H and O–H groups in total. The van der Waals surface area contributed by atoms with Crippen molar-refractivity contribution in [3.05, 3.63) is 59.8 Å². The van der Waals surface area contributed by atoms with Crippen LogP contribution in [0.1, 0.15) is 37.5 Å². The van der Waals surface area contributed by atoms with Gasteiger partial charge in [-0.05, 0) is 36.2 Å². The Morgan fingerprint density at radius 1 is 1.31 bits per heavy atom. The number of amides is 1. The number of hydrogen-bond acceptors (Lipinski definition) is 5. The molecule has 5 nitrogen and oxygen atoms in total. The van der Waals surface area contributed by atoms with Crippen LogP contribution in [0.4, 0.5) is 4.39 Å². The zero-order chi connectivity index (χ0) is 18.4. The third-order valence-electron chi connectivity index (χ3n) is 3.97. The van der Waals surface area contributed by atoms with Gasteiger partial charge in [-0.3, -0.25) is 9.69 Å². The van der Waals surface area contributed by atoms with Crippen molar-refractivity contribution in [1.29, 1.82) is 0 Å². The van der Waals surface area contributed by atoms with Gasteiger partial charge in [0.1, 0.15) is 11.6 Å². The van der Waals surface area contributed by atoms with Gasteiger partial charge in [0.15, 0.2) is 5.17 Å². The fourth-order valence-corrected chi connectivity index (χ4v) is 3.72. The van der Waals surface area contributed by atoms with E-state index in [1.165, 1.54) is 30.1 Å². The van der Waals surface area contributed by atoms with Crippen LogP contribution in [-0.4, -0.2) is 27.4 Å². The molecule has 1 aliphatic heterocycles. The first-order valence-corrected chi connectivity index (χ1v) is 9.42. The van der Waals surface area contributed by atoms with Gasteiger partial charge in [0.05, 0.1) is 24.3 Å². The number of carbonyl (C=O) groups is 1. The average molecular weight is 373 g/mol. The van der Waals surface area contributed by atoms with Crippen LogP contribution in [0.3, 0.4) is 0 Å². The highest BCUT2D eigenvalue weighted by Crippen LogP contribution is 2.32. The first kappa shape index (κ1) is 18.4. The minimum Gasteiger partial charge on any atom is -0.463 e. The lowest BCUT2D eigenvalue weighted by Gasteiger charge is -2.15. The second-order valence-electron chi connectivity index (χ2n) is 5.94. The summed E-state index contributed by atoms with van der Waals surface area (Å²) in [6.07, 6.45) is 5.89. The van der Waals surface area contributed by atoms with E-state index < -0.39 is 0 Å². The minimum atomic E-state index is -0.298. The van der Waals surface area contributed by atoms with Crippen LogP contribution >= 0.6 is 11.8 Å². The highest BCUT2D eigenvalue weighted by atomic mass is 32.2. The van der Waals surface area contributed by atoms with Gasteiger partial charge in [-0.25, -0.2) is 4.39 Å². The van der Waals surface area contributed by atoms with Gasteiger partial charge in [-0.2, -0.15) is 5.10 Å². The van der Waals surface area contributed by atoms with Crippen LogP contribution in [0.15, 0.2) is 57.3 Å². The number of unbranched alkanes of at least 4 members (excludes halogenated alkanes) is 1. The molecule has 1 fully saturated rings. The summed E-state index contributed by atoms with van der Waals surface area (Å²) < 4.78 is 18.3. The van der Waals surface area contributed by atoms with E-state index in [2.05, 4.69) is 17.1 Å². The number of amidine groups is 1. The Morgan fingerprint density at radius 2 is 2.12 bits per heavy atom. The first-order valence-electron chi connectivity index (χ1n) is 8.54. The maximum atomic E-state index is 13.1. The van der Waals surface area contributed by atoms with Crippen molar-refractivity contribution in [3.8, 4) is 0 Å². The Kier molecular flexibility index (Phi) is 6.22. The number of furan rings is 1. The zero-order valence-electron chi connectivity index (χ0n) is 14.5. The molecule has 7 heteroatoms. The number of carbonyl (C=O) groups excluding carboxylic acids is 1. The lowest BCUT2D eigenvalue weighted by molar-refractivity contribution is -0.126. The standard InChI is InChI=1S/C19H20FN3O2S/c1-2-3-6-17-18(24)23(13-14-7-9-15(20)10-8-14)19(26-17)22-21-12-16-5-4-11-25-16/h4-5,7-12,17H,2-3,6,13H2,1H3/b21-12+,22-19-. The number of hydrogen-bond donors (Lipinski definition) is 0. The van der Waals surface area contributed by atoms with Gasteiger partial charge >= 0.3 is 0 Å². The van der Waals surface area contributed by atoms with Crippen molar-refractivity contribution in [1.82, 2.24) is 4.90 Å². The molecule has 0 saturated carbocycles. The maximum Gasteiger partial charge on any atom is 0.242 e. The molecule has 136 valence electrons. The normalized spacial score (nSPS) is 19.2. The summed E-state index contributed by atoms with van der Waals surface area (Å²) >= 11 is 1.43. The largest absolute Gasteiger partial charge is 0.463 e. The topological polar surface area (TPSA) is 58.2 Å². The van der Waals surface area contributed by atoms with E-state index in [1.807, 2.05) is 0 Å². The SMILES string of the molecule is CCCCC1S/C(=N\N=C\c2ccco2)N(Cc2ccc(F)cc2)C1=O. The highest BCUT2D eigenvalue weighted by molar-refractivity contribution is 8.15. The van der Waals surface area contributed by atoms with Crippen molar-refractivity contribution in [2.45, 2.75) is 38.0 Å². The summed E-state index contributed by atoms with van der Waals surface area (Å²) in [5, 5.41) is 8.68. The number of thioether (sulfide) groups is 1. The van der Waals surface area contributed by atoms with Gasteiger partial charge in [0.2, 0.25) is 5.91 Å². The minimum absolute atomic E-state index is 0.0275. The number of benzene rings is 1. The van der Waals surface area contributed by atoms with E-state index in [-0.39, 0.29) is 17.0 Å². The maximum absolute atomic E-state index is 13.1. The molecule has 0 radical (unpaired) electrons. The third-order valence-corrected chi connectivity index (χ3v) is 5.20. The second-order valence-corrected chi connectivity index (χ2v) is 7.11. The molecule has 1 aromatic heterocycles. The summed E-state index contributed by atoms with van der Waals surface area (Å²) in [6.45, 7) is 2.45. The predicted molar refractivity (Wildman–Crippen MR) is 102 cm³/mol. The molecule has 0 aliphatic carbocycles. The number of nitrogens with zero attached hydrogens (tertiary/aromatic N) is 3. The Bertz CT molecular complexity index is 788. The molecule has 0 spiro atoms. The van der Waals surface area contributed by atoms with E-state index in [9.17, 15) is 9.18 Å². The van der Waals surface area contributed by atoms with Gasteiger partial charge in [-0.1, -0.05) is 43.7 Å². The van der Waals surface area contributed by atoms with Crippen molar-refractivity contribution >= 4 is 29.1 Å². The van der Waals surface area contributed by atoms with E-state index in [1.54, 1.807) is 35.4 Å². The number of rotatable bonds is 7. The van der Waals surface area contributed by atoms with Crippen LogP contribution in [0.25, 0.3) is 0 Å². The average Bonchev–Trinajstić information content (AvgIpc) is 3.25. The van der Waals surface area contributed by atoms with E-state index in [4.69, 9.17) is 4.42 Å². The number of halogens is 1. The van der Waals surface area contributed by atoms with Gasteiger partial charge < -0.3 is 4.42 Å². The van der Waals surface area contributed by atoms with Gasteiger partial charge in [0.25, 0.3) is 0 Å². The third kappa shape index (κ3) is 4.60. The Morgan fingerprint density at radius 3 is 2.81 bits per heavy atom. The van der Waals surface area contributed by atoms with Crippen LogP contribution < -0.4 is 0 Å². The molecular formula is C19H20FN3O2S. The molecule has 1 atom stereocenters. The summed E-state index contributed by atoms with van der Waals surface area (Å²) in [5.74, 6) is 0.324. The summed E-state index contributed by atoms with van der Waals surface area (Å²) in [4.78, 5) is 14.4. The van der Waals surface area contributed by atoms with E-state index in [0.29, 0.717) is 17.5 Å². The molecule has 0 bridgehead atoms. The fourth-order valence-electron chi connectivity index (χ4n) is 2.58. The quantitative estimate of drug-likeness (QED) is 0.532. The monoisotopic (exact) mass is 373 g/mol. The molecule has 2 aromatic rings. The van der Waals surface area contributed by atoms with Crippen molar-refractivity contribution < 1.29 is 13.6 Å². The van der Waals surface area contributed by atoms with Crippen LogP contribution in [0.2, 0.25) is 0 Å². The summed E-state index contributed by atoms with van der Waals surface area (Å²) in [5.41, 5.74) is 0.846. The Labute approximate surface area is 156 Å². The van der Waals surface area contributed by atoms with Crippen LogP contribution in [-0.2, 0) is 11.3 Å². The van der Waals surface area contributed by atoms with Crippen molar-refractivity contribution in [2.75, 3.05) is 0 Å². The molecular weight excluding hydrogens is 353 g/mol. The second kappa shape index (κ2) is 8.80. The predicted octanol–water partition coefficient (Wildman–Crippen LogP) is 4.44. The lowest BCUT2D eigenvalue weighted by Crippen LogP contribution is -2.31. The Hall–Kier alpha value is -2.41. The van der Waals surface area contributed by atoms with Crippen molar-refractivity contribution in [3.63, 3.8) is 0 Å².